The highest BCUT2D eigenvalue weighted by atomic mass is 16.2. The van der Waals surface area contributed by atoms with Gasteiger partial charge in [0.1, 0.15) is 6.04 Å². The Hall–Kier alpha value is -4.44. The van der Waals surface area contributed by atoms with Gasteiger partial charge >= 0.3 is 0 Å². The van der Waals surface area contributed by atoms with E-state index in [2.05, 4.69) is 20.6 Å². The van der Waals surface area contributed by atoms with Gasteiger partial charge in [-0.05, 0) is 29.7 Å². The average molecular weight is 488 g/mol. The smallest absolute Gasteiger partial charge is 0.243 e. The van der Waals surface area contributed by atoms with E-state index < -0.39 is 42.3 Å². The summed E-state index contributed by atoms with van der Waals surface area (Å²) in [5.41, 5.74) is 14.9. The van der Waals surface area contributed by atoms with Crippen LogP contribution in [0, 0.1) is 0 Å². The summed E-state index contributed by atoms with van der Waals surface area (Å²) in [6.45, 7) is 0. The van der Waals surface area contributed by atoms with Gasteiger partial charge < -0.3 is 32.1 Å². The molecule has 3 atom stereocenters. The van der Waals surface area contributed by atoms with Gasteiger partial charge in [-0.15, -0.1) is 0 Å². The standard InChI is InChI=1S/C26H27N6O4/c27-20(10-16-13-30-22-8-4-2-6-19(16)22)25(35)32-23(11-24(28)34)26(36)31-17(14-33)9-15-12-29-21-7-3-1-5-18(15)21/h1-8,12-13,17,20,23,29-30H,9-11,27H2,(H2,28,34)(H,31,36)(H,32,35)/t17-,20-,23-/m0/s1. The van der Waals surface area contributed by atoms with E-state index in [1.165, 1.54) is 0 Å². The second kappa shape index (κ2) is 10.9. The highest BCUT2D eigenvalue weighted by molar-refractivity contribution is 5.94. The lowest BCUT2D eigenvalue weighted by Gasteiger charge is -2.21. The number of nitrogens with one attached hydrogen (secondary N) is 4. The van der Waals surface area contributed by atoms with E-state index in [1.54, 1.807) is 12.4 Å². The molecule has 4 rings (SSSR count). The molecule has 0 bridgehead atoms. The van der Waals surface area contributed by atoms with Gasteiger partial charge in [0.05, 0.1) is 18.5 Å². The number of hydrogen-bond acceptors (Lipinski definition) is 5. The molecule has 185 valence electrons. The predicted molar refractivity (Wildman–Crippen MR) is 135 cm³/mol. The van der Waals surface area contributed by atoms with Crippen LogP contribution >= 0.6 is 0 Å². The summed E-state index contributed by atoms with van der Waals surface area (Å²) < 4.78 is 0. The molecule has 3 amide bonds. The molecule has 0 aliphatic rings. The highest BCUT2D eigenvalue weighted by Gasteiger charge is 2.28. The SMILES string of the molecule is NC(=O)C[C@H](NC(=O)[C@@H](N)Cc1c[nH]c2ccccc12)C(=O)N[C@H]([C]=O)Cc1c[nH]c2ccccc12. The third-order valence-electron chi connectivity index (χ3n) is 6.05. The van der Waals surface area contributed by atoms with Gasteiger partial charge in [0, 0.05) is 40.6 Å². The Balaban J connectivity index is 1.41. The van der Waals surface area contributed by atoms with Gasteiger partial charge in [-0.1, -0.05) is 36.4 Å². The molecule has 2 aromatic carbocycles. The van der Waals surface area contributed by atoms with E-state index in [4.69, 9.17) is 11.5 Å². The molecule has 2 heterocycles. The molecular weight excluding hydrogens is 460 g/mol. The molecule has 0 fully saturated rings. The Morgan fingerprint density at radius 1 is 0.833 bits per heavy atom. The largest absolute Gasteiger partial charge is 0.370 e. The maximum Gasteiger partial charge on any atom is 0.243 e. The molecule has 0 saturated heterocycles. The summed E-state index contributed by atoms with van der Waals surface area (Å²) >= 11 is 0. The van der Waals surface area contributed by atoms with Gasteiger partial charge in [-0.2, -0.15) is 0 Å². The van der Waals surface area contributed by atoms with Crippen LogP contribution in [0.15, 0.2) is 60.9 Å². The number of benzene rings is 2. The molecule has 0 saturated carbocycles. The third kappa shape index (κ3) is 5.61. The van der Waals surface area contributed by atoms with Crippen LogP contribution in [0.5, 0.6) is 0 Å². The molecule has 1 radical (unpaired) electrons. The second-order valence-electron chi connectivity index (χ2n) is 8.64. The lowest BCUT2D eigenvalue weighted by atomic mass is 10.0. The fourth-order valence-corrected chi connectivity index (χ4v) is 4.23. The topological polar surface area (TPSA) is 176 Å². The Morgan fingerprint density at radius 2 is 1.39 bits per heavy atom. The van der Waals surface area contributed by atoms with Crippen LogP contribution in [-0.2, 0) is 32.0 Å². The number of rotatable bonds is 11. The summed E-state index contributed by atoms with van der Waals surface area (Å²) in [6.07, 6.45) is 5.29. The molecule has 8 N–H and O–H groups in total. The fourth-order valence-electron chi connectivity index (χ4n) is 4.23. The maximum atomic E-state index is 12.9. The summed E-state index contributed by atoms with van der Waals surface area (Å²) in [7, 11) is 0. The van der Waals surface area contributed by atoms with Crippen molar-refractivity contribution in [2.45, 2.75) is 37.4 Å². The number of aromatic amines is 2. The minimum Gasteiger partial charge on any atom is -0.370 e. The zero-order valence-electron chi connectivity index (χ0n) is 19.4. The molecule has 4 aromatic rings. The minimum atomic E-state index is -1.29. The van der Waals surface area contributed by atoms with Gasteiger partial charge in [0.2, 0.25) is 24.0 Å². The van der Waals surface area contributed by atoms with Crippen LogP contribution in [0.1, 0.15) is 17.5 Å². The van der Waals surface area contributed by atoms with Crippen molar-refractivity contribution in [3.05, 3.63) is 72.1 Å². The lowest BCUT2D eigenvalue weighted by molar-refractivity contribution is -0.131. The van der Waals surface area contributed by atoms with Gasteiger partial charge in [0.25, 0.3) is 0 Å². The molecule has 2 aromatic heterocycles. The number of nitrogens with two attached hydrogens (primary N) is 2. The molecule has 0 aliphatic carbocycles. The number of aromatic nitrogens is 2. The normalized spacial score (nSPS) is 13.7. The maximum absolute atomic E-state index is 12.9. The first-order chi connectivity index (χ1) is 17.4. The molecule has 10 nitrogen and oxygen atoms in total. The van der Waals surface area contributed by atoms with Crippen LogP contribution in [0.4, 0.5) is 0 Å². The van der Waals surface area contributed by atoms with Crippen LogP contribution in [0.3, 0.4) is 0 Å². The highest BCUT2D eigenvalue weighted by Crippen LogP contribution is 2.20. The fraction of sp³-hybridized carbons (Fsp3) is 0.231. The zero-order chi connectivity index (χ0) is 25.7. The first-order valence-electron chi connectivity index (χ1n) is 11.5. The van der Waals surface area contributed by atoms with Gasteiger partial charge in [0.15, 0.2) is 0 Å². The summed E-state index contributed by atoms with van der Waals surface area (Å²) in [5, 5.41) is 6.90. The van der Waals surface area contributed by atoms with Crippen molar-refractivity contribution in [1.29, 1.82) is 0 Å². The van der Waals surface area contributed by atoms with Crippen molar-refractivity contribution < 1.29 is 19.2 Å². The van der Waals surface area contributed by atoms with Crippen molar-refractivity contribution in [2.24, 2.45) is 11.5 Å². The van der Waals surface area contributed by atoms with E-state index in [0.29, 0.717) is 0 Å². The number of fused-ring (bicyclic) bond motifs is 2. The summed E-state index contributed by atoms with van der Waals surface area (Å²) in [6, 6.07) is 11.9. The second-order valence-corrected chi connectivity index (χ2v) is 8.64. The van der Waals surface area contributed by atoms with Crippen LogP contribution < -0.4 is 22.1 Å². The van der Waals surface area contributed by atoms with E-state index in [-0.39, 0.29) is 12.8 Å². The Kier molecular flexibility index (Phi) is 7.45. The Labute approximate surface area is 206 Å². The number of carbonyl (C=O) groups excluding carboxylic acids is 4. The van der Waals surface area contributed by atoms with Crippen LogP contribution in [0.25, 0.3) is 21.8 Å². The van der Waals surface area contributed by atoms with Crippen LogP contribution in [0.2, 0.25) is 0 Å². The third-order valence-corrected chi connectivity index (χ3v) is 6.05. The quantitative estimate of drug-likeness (QED) is 0.182. The number of carbonyl (C=O) groups is 3. The van der Waals surface area contributed by atoms with E-state index in [9.17, 15) is 19.2 Å². The number of primary amides is 1. The minimum absolute atomic E-state index is 0.177. The predicted octanol–water partition coefficient (Wildman–Crippen LogP) is 0.716. The lowest BCUT2D eigenvalue weighted by Crippen LogP contribution is -2.55. The molecule has 0 spiro atoms. The molecule has 0 unspecified atom stereocenters. The molecule has 0 aliphatic heterocycles. The number of para-hydroxylation sites is 2. The molecule has 10 heteroatoms. The van der Waals surface area contributed by atoms with E-state index in [1.807, 2.05) is 54.8 Å². The van der Waals surface area contributed by atoms with Gasteiger partial charge in [-0.3, -0.25) is 19.2 Å². The van der Waals surface area contributed by atoms with Crippen LogP contribution in [-0.4, -0.2) is 52.1 Å². The van der Waals surface area contributed by atoms with Crippen molar-refractivity contribution in [2.75, 3.05) is 0 Å². The molecular formula is C26H27N6O4. The number of hydrogen-bond donors (Lipinski definition) is 6. The van der Waals surface area contributed by atoms with Gasteiger partial charge in [-0.25, -0.2) is 0 Å². The van der Waals surface area contributed by atoms with Crippen molar-refractivity contribution in [3.8, 4) is 0 Å². The number of amides is 3. The zero-order valence-corrected chi connectivity index (χ0v) is 19.4. The molecule has 36 heavy (non-hydrogen) atoms. The van der Waals surface area contributed by atoms with Crippen molar-refractivity contribution in [3.63, 3.8) is 0 Å². The first kappa shape index (κ1) is 24.7. The summed E-state index contributed by atoms with van der Waals surface area (Å²) in [4.78, 5) is 55.2. The Morgan fingerprint density at radius 3 is 1.94 bits per heavy atom. The summed E-state index contributed by atoms with van der Waals surface area (Å²) in [5.74, 6) is -2.14. The monoisotopic (exact) mass is 487 g/mol. The van der Waals surface area contributed by atoms with E-state index >= 15 is 0 Å². The van der Waals surface area contributed by atoms with Crippen molar-refractivity contribution >= 4 is 45.8 Å². The first-order valence-corrected chi connectivity index (χ1v) is 11.5. The number of H-pyrrole nitrogens is 2. The average Bonchev–Trinajstić information content (AvgIpc) is 3.47. The van der Waals surface area contributed by atoms with E-state index in [0.717, 1.165) is 32.9 Å². The Bertz CT molecular complexity index is 1410. The van der Waals surface area contributed by atoms with Crippen molar-refractivity contribution in [1.82, 2.24) is 20.6 Å².